The van der Waals surface area contributed by atoms with E-state index in [4.69, 9.17) is 5.73 Å². The maximum Gasteiger partial charge on any atom is -0.00440 e. The predicted octanol–water partition coefficient (Wildman–Crippen LogP) is 1.59. The molecule has 0 saturated carbocycles. The van der Waals surface area contributed by atoms with Gasteiger partial charge in [0.15, 0.2) is 0 Å². The zero-order chi connectivity index (χ0) is 9.49. The highest BCUT2D eigenvalue weighted by Gasteiger charge is 2.20. The second kappa shape index (κ2) is 6.62. The lowest BCUT2D eigenvalue weighted by atomic mass is 9.79. The normalized spacial score (nSPS) is 13.4. The highest BCUT2D eigenvalue weighted by Crippen LogP contribution is 2.26. The maximum absolute atomic E-state index is 5.57. The molecular weight excluding hydrogens is 136 g/mol. The zero-order valence-electron chi connectivity index (χ0n) is 8.65. The third-order valence-corrected chi connectivity index (χ3v) is 2.00. The number of hydrogen-bond donors (Lipinski definition) is 2. The molecule has 2 heteroatoms. The summed E-state index contributed by atoms with van der Waals surface area (Å²) in [7, 11) is 1.50. The molecule has 0 aromatic rings. The molecule has 2 nitrogen and oxygen atoms in total. The summed E-state index contributed by atoms with van der Waals surface area (Å²) in [6, 6.07) is 0. The van der Waals surface area contributed by atoms with Crippen molar-refractivity contribution in [3.8, 4) is 0 Å². The fourth-order valence-corrected chi connectivity index (χ4v) is 1.13. The standard InChI is InChI=1S/C8H19N.CH5N/c1-5-7(6-9)8(2,3)4;1-2/h7H,5-6,9H2,1-4H3;2H2,1H3. The second-order valence-electron chi connectivity index (χ2n) is 3.71. The first kappa shape index (κ1) is 13.5. The van der Waals surface area contributed by atoms with Crippen LogP contribution in [0.4, 0.5) is 0 Å². The average molecular weight is 160 g/mol. The van der Waals surface area contributed by atoms with Crippen LogP contribution in [0.1, 0.15) is 34.1 Å². The maximum atomic E-state index is 5.57. The van der Waals surface area contributed by atoms with Gasteiger partial charge in [-0.25, -0.2) is 0 Å². The van der Waals surface area contributed by atoms with Crippen molar-refractivity contribution in [1.29, 1.82) is 0 Å². The van der Waals surface area contributed by atoms with Crippen LogP contribution in [0.25, 0.3) is 0 Å². The average Bonchev–Trinajstić information content (AvgIpc) is 1.92. The molecular formula is C9H24N2. The van der Waals surface area contributed by atoms with Gasteiger partial charge in [0.25, 0.3) is 0 Å². The van der Waals surface area contributed by atoms with Crippen molar-refractivity contribution in [2.75, 3.05) is 13.6 Å². The fraction of sp³-hybridized carbons (Fsp3) is 1.00. The van der Waals surface area contributed by atoms with E-state index in [0.29, 0.717) is 11.3 Å². The van der Waals surface area contributed by atoms with Gasteiger partial charge in [-0.05, 0) is 24.9 Å². The monoisotopic (exact) mass is 160 g/mol. The predicted molar refractivity (Wildman–Crippen MR) is 52.4 cm³/mol. The number of hydrogen-bond acceptors (Lipinski definition) is 2. The molecule has 0 aromatic carbocycles. The van der Waals surface area contributed by atoms with Gasteiger partial charge in [0.2, 0.25) is 0 Å². The molecule has 0 radical (unpaired) electrons. The Morgan fingerprint density at radius 3 is 1.55 bits per heavy atom. The van der Waals surface area contributed by atoms with E-state index in [1.54, 1.807) is 0 Å². The van der Waals surface area contributed by atoms with E-state index in [1.807, 2.05) is 0 Å². The molecule has 0 bridgehead atoms. The topological polar surface area (TPSA) is 52.0 Å². The van der Waals surface area contributed by atoms with Crippen LogP contribution in [-0.2, 0) is 0 Å². The largest absolute Gasteiger partial charge is 0.333 e. The summed E-state index contributed by atoms with van der Waals surface area (Å²) in [5.74, 6) is 0.678. The van der Waals surface area contributed by atoms with Crippen molar-refractivity contribution >= 4 is 0 Å². The lowest BCUT2D eigenvalue weighted by Crippen LogP contribution is -2.27. The Bertz CT molecular complexity index is 70.1. The van der Waals surface area contributed by atoms with Crippen LogP contribution in [-0.4, -0.2) is 13.6 Å². The molecule has 0 rings (SSSR count). The molecule has 11 heavy (non-hydrogen) atoms. The smallest absolute Gasteiger partial charge is 0.00440 e. The lowest BCUT2D eigenvalue weighted by Gasteiger charge is -2.28. The van der Waals surface area contributed by atoms with Gasteiger partial charge in [0, 0.05) is 0 Å². The Morgan fingerprint density at radius 1 is 1.18 bits per heavy atom. The van der Waals surface area contributed by atoms with Crippen LogP contribution in [0.3, 0.4) is 0 Å². The van der Waals surface area contributed by atoms with Crippen molar-refractivity contribution in [2.24, 2.45) is 22.8 Å². The fourth-order valence-electron chi connectivity index (χ4n) is 1.13. The third kappa shape index (κ3) is 6.32. The van der Waals surface area contributed by atoms with Gasteiger partial charge in [0.1, 0.15) is 0 Å². The Balaban J connectivity index is 0. The Labute approximate surface area is 71.3 Å². The van der Waals surface area contributed by atoms with Gasteiger partial charge in [-0.3, -0.25) is 0 Å². The summed E-state index contributed by atoms with van der Waals surface area (Å²) in [4.78, 5) is 0. The first-order chi connectivity index (χ1) is 5.02. The molecule has 0 aliphatic carbocycles. The summed E-state index contributed by atoms with van der Waals surface area (Å²) < 4.78 is 0. The summed E-state index contributed by atoms with van der Waals surface area (Å²) in [6.07, 6.45) is 1.19. The van der Waals surface area contributed by atoms with Crippen LogP contribution < -0.4 is 11.5 Å². The van der Waals surface area contributed by atoms with Gasteiger partial charge < -0.3 is 11.5 Å². The van der Waals surface area contributed by atoms with Crippen LogP contribution in [0.15, 0.2) is 0 Å². The minimum absolute atomic E-state index is 0.392. The molecule has 1 atom stereocenters. The van der Waals surface area contributed by atoms with Crippen molar-refractivity contribution in [1.82, 2.24) is 0 Å². The minimum atomic E-state index is 0.392. The number of rotatable bonds is 2. The van der Waals surface area contributed by atoms with Gasteiger partial charge in [-0.1, -0.05) is 34.1 Å². The molecule has 0 spiro atoms. The van der Waals surface area contributed by atoms with E-state index < -0.39 is 0 Å². The highest BCUT2D eigenvalue weighted by atomic mass is 14.6. The molecule has 0 fully saturated rings. The summed E-state index contributed by atoms with van der Waals surface area (Å²) >= 11 is 0. The third-order valence-electron chi connectivity index (χ3n) is 2.00. The van der Waals surface area contributed by atoms with Crippen molar-refractivity contribution in [3.63, 3.8) is 0 Å². The molecule has 0 amide bonds. The summed E-state index contributed by atoms with van der Waals surface area (Å²) in [5, 5.41) is 0. The zero-order valence-corrected chi connectivity index (χ0v) is 8.65. The highest BCUT2D eigenvalue weighted by molar-refractivity contribution is 4.72. The van der Waals surface area contributed by atoms with Gasteiger partial charge in [-0.2, -0.15) is 0 Å². The minimum Gasteiger partial charge on any atom is -0.333 e. The van der Waals surface area contributed by atoms with Gasteiger partial charge >= 0.3 is 0 Å². The molecule has 0 aliphatic heterocycles. The van der Waals surface area contributed by atoms with Gasteiger partial charge in [-0.15, -0.1) is 0 Å². The van der Waals surface area contributed by atoms with E-state index in [0.717, 1.165) is 6.54 Å². The van der Waals surface area contributed by atoms with E-state index in [9.17, 15) is 0 Å². The molecule has 4 N–H and O–H groups in total. The second-order valence-corrected chi connectivity index (χ2v) is 3.71. The summed E-state index contributed by atoms with van der Waals surface area (Å²) in [5.41, 5.74) is 10.5. The Kier molecular flexibility index (Phi) is 8.13. The van der Waals surface area contributed by atoms with Crippen molar-refractivity contribution < 1.29 is 0 Å². The molecule has 0 saturated heterocycles. The van der Waals surface area contributed by atoms with Crippen molar-refractivity contribution in [3.05, 3.63) is 0 Å². The van der Waals surface area contributed by atoms with Crippen LogP contribution in [0.5, 0.6) is 0 Å². The molecule has 70 valence electrons. The van der Waals surface area contributed by atoms with Crippen LogP contribution >= 0.6 is 0 Å². The first-order valence-corrected chi connectivity index (χ1v) is 4.30. The van der Waals surface area contributed by atoms with E-state index in [2.05, 4.69) is 33.4 Å². The van der Waals surface area contributed by atoms with E-state index in [-0.39, 0.29) is 0 Å². The molecule has 0 heterocycles. The summed E-state index contributed by atoms with van der Waals surface area (Å²) in [6.45, 7) is 9.75. The quantitative estimate of drug-likeness (QED) is 0.644. The SMILES string of the molecule is CCC(CN)C(C)(C)C.CN. The van der Waals surface area contributed by atoms with Crippen LogP contribution in [0, 0.1) is 11.3 Å². The number of nitrogens with two attached hydrogens (primary N) is 2. The van der Waals surface area contributed by atoms with Crippen molar-refractivity contribution in [2.45, 2.75) is 34.1 Å². The van der Waals surface area contributed by atoms with Gasteiger partial charge in [0.05, 0.1) is 0 Å². The Hall–Kier alpha value is -0.0800. The molecule has 0 aliphatic rings. The lowest BCUT2D eigenvalue weighted by molar-refractivity contribution is 0.240. The molecule has 0 aromatic heterocycles. The first-order valence-electron chi connectivity index (χ1n) is 4.30. The molecule has 1 unspecified atom stereocenters. The van der Waals surface area contributed by atoms with E-state index >= 15 is 0 Å². The van der Waals surface area contributed by atoms with E-state index in [1.165, 1.54) is 13.5 Å². The Morgan fingerprint density at radius 2 is 1.55 bits per heavy atom. The van der Waals surface area contributed by atoms with Crippen LogP contribution in [0.2, 0.25) is 0 Å².